The molecule has 0 aromatic heterocycles. The van der Waals surface area contributed by atoms with Gasteiger partial charge in [-0.2, -0.15) is 0 Å². The summed E-state index contributed by atoms with van der Waals surface area (Å²) in [6.07, 6.45) is 6.12. The van der Waals surface area contributed by atoms with Gasteiger partial charge < -0.3 is 9.69 Å². The molecule has 0 N–H and O–H groups in total. The zero-order chi connectivity index (χ0) is 6.53. The number of nitrogens with zero attached hydrogens (tertiary/aromatic N) is 2. The van der Waals surface area contributed by atoms with E-state index in [1.165, 1.54) is 0 Å². The Morgan fingerprint density at radius 2 is 2.67 bits per heavy atom. The van der Waals surface area contributed by atoms with Gasteiger partial charge in [0.05, 0.1) is 13.1 Å². The van der Waals surface area contributed by atoms with Gasteiger partial charge in [0.2, 0.25) is 0 Å². The van der Waals surface area contributed by atoms with Crippen molar-refractivity contribution in [1.29, 1.82) is 0 Å². The summed E-state index contributed by atoms with van der Waals surface area (Å²) in [6, 6.07) is 0. The van der Waals surface area contributed by atoms with Crippen LogP contribution in [0.5, 0.6) is 0 Å². The van der Waals surface area contributed by atoms with E-state index in [1.807, 2.05) is 4.90 Å². The molecule has 1 heterocycles. The lowest BCUT2D eigenvalue weighted by Gasteiger charge is -2.15. The minimum absolute atomic E-state index is 0.461. The van der Waals surface area contributed by atoms with E-state index in [2.05, 4.69) is 4.99 Å². The molecule has 48 valence electrons. The summed E-state index contributed by atoms with van der Waals surface area (Å²) in [6.45, 7) is 1.21. The Morgan fingerprint density at radius 1 is 1.78 bits per heavy atom. The molecule has 0 spiro atoms. The van der Waals surface area contributed by atoms with Crippen LogP contribution >= 0.6 is 0 Å². The molecule has 0 bridgehead atoms. The van der Waals surface area contributed by atoms with Crippen LogP contribution in [0.4, 0.5) is 0 Å². The smallest absolute Gasteiger partial charge is 0.139 e. The third kappa shape index (κ3) is 1.68. The standard InChI is InChI=1S/C6H8N2O/c9-6-5-8-3-1-7-2-4-8/h1-3,6H,4-5H2. The van der Waals surface area contributed by atoms with E-state index in [0.29, 0.717) is 6.54 Å². The van der Waals surface area contributed by atoms with Gasteiger partial charge in [-0.15, -0.1) is 0 Å². The van der Waals surface area contributed by atoms with Crippen LogP contribution in [-0.4, -0.2) is 30.5 Å². The Balaban J connectivity index is 2.36. The van der Waals surface area contributed by atoms with E-state index >= 15 is 0 Å². The Bertz CT molecular complexity index is 149. The zero-order valence-electron chi connectivity index (χ0n) is 5.03. The molecule has 0 unspecified atom stereocenters. The Morgan fingerprint density at radius 3 is 3.22 bits per heavy atom. The van der Waals surface area contributed by atoms with Crippen LogP contribution in [-0.2, 0) is 4.79 Å². The van der Waals surface area contributed by atoms with Gasteiger partial charge in [-0.3, -0.25) is 4.99 Å². The summed E-state index contributed by atoms with van der Waals surface area (Å²) >= 11 is 0. The van der Waals surface area contributed by atoms with E-state index in [-0.39, 0.29) is 0 Å². The van der Waals surface area contributed by atoms with Crippen molar-refractivity contribution in [3.8, 4) is 0 Å². The van der Waals surface area contributed by atoms with E-state index in [0.717, 1.165) is 12.8 Å². The minimum Gasteiger partial charge on any atom is -0.364 e. The molecule has 3 heteroatoms. The third-order valence-corrected chi connectivity index (χ3v) is 1.09. The first-order valence-corrected chi connectivity index (χ1v) is 2.79. The maximum absolute atomic E-state index is 9.95. The molecule has 0 saturated carbocycles. The lowest BCUT2D eigenvalue weighted by molar-refractivity contribution is -0.108. The molecule has 9 heavy (non-hydrogen) atoms. The predicted molar refractivity (Wildman–Crippen MR) is 35.3 cm³/mol. The highest BCUT2D eigenvalue weighted by Gasteiger charge is 1.96. The van der Waals surface area contributed by atoms with Gasteiger partial charge in [0, 0.05) is 18.6 Å². The molecule has 0 aromatic carbocycles. The van der Waals surface area contributed by atoms with Gasteiger partial charge in [0.1, 0.15) is 6.29 Å². The maximum Gasteiger partial charge on any atom is 0.139 e. The molecule has 3 nitrogen and oxygen atoms in total. The fourth-order valence-electron chi connectivity index (χ4n) is 0.638. The summed E-state index contributed by atoms with van der Waals surface area (Å²) in [5, 5.41) is 0. The summed E-state index contributed by atoms with van der Waals surface area (Å²) in [7, 11) is 0. The van der Waals surface area contributed by atoms with Crippen molar-refractivity contribution in [3.63, 3.8) is 0 Å². The van der Waals surface area contributed by atoms with Crippen LogP contribution < -0.4 is 0 Å². The number of rotatable bonds is 2. The fourth-order valence-corrected chi connectivity index (χ4v) is 0.638. The molecule has 1 rings (SSSR count). The first kappa shape index (κ1) is 6.01. The van der Waals surface area contributed by atoms with Gasteiger partial charge in [0.25, 0.3) is 0 Å². The largest absolute Gasteiger partial charge is 0.364 e. The van der Waals surface area contributed by atoms with Crippen LogP contribution in [0.15, 0.2) is 17.4 Å². The lowest BCUT2D eigenvalue weighted by Crippen LogP contribution is -2.23. The average Bonchev–Trinajstić information content (AvgIpc) is 1.91. The van der Waals surface area contributed by atoms with Crippen LogP contribution in [0.1, 0.15) is 0 Å². The highest BCUT2D eigenvalue weighted by atomic mass is 16.1. The van der Waals surface area contributed by atoms with Crippen molar-refractivity contribution < 1.29 is 4.79 Å². The van der Waals surface area contributed by atoms with Gasteiger partial charge in [-0.05, 0) is 0 Å². The van der Waals surface area contributed by atoms with Gasteiger partial charge in [-0.1, -0.05) is 0 Å². The second kappa shape index (κ2) is 3.02. The van der Waals surface area contributed by atoms with Crippen molar-refractivity contribution >= 4 is 12.5 Å². The predicted octanol–water partition coefficient (Wildman–Crippen LogP) is 0.0429. The molecule has 1 aliphatic rings. The molecule has 0 atom stereocenters. The fraction of sp³-hybridized carbons (Fsp3) is 0.333. The lowest BCUT2D eigenvalue weighted by atomic mass is 10.5. The van der Waals surface area contributed by atoms with Crippen molar-refractivity contribution in [2.75, 3.05) is 13.1 Å². The van der Waals surface area contributed by atoms with Gasteiger partial charge in [0.15, 0.2) is 0 Å². The monoisotopic (exact) mass is 124 g/mol. The zero-order valence-corrected chi connectivity index (χ0v) is 5.03. The second-order valence-corrected chi connectivity index (χ2v) is 1.75. The van der Waals surface area contributed by atoms with E-state index in [1.54, 1.807) is 18.6 Å². The number of hydrogen-bond donors (Lipinski definition) is 0. The molecule has 0 aromatic rings. The van der Waals surface area contributed by atoms with Gasteiger partial charge in [-0.25, -0.2) is 0 Å². The SMILES string of the molecule is O=CCN1C=CN=CC1. The van der Waals surface area contributed by atoms with E-state index in [4.69, 9.17) is 0 Å². The molecule has 0 aliphatic carbocycles. The summed E-state index contributed by atoms with van der Waals surface area (Å²) in [4.78, 5) is 15.7. The number of aliphatic imine (C=N–C) groups is 1. The van der Waals surface area contributed by atoms with Crippen LogP contribution in [0.2, 0.25) is 0 Å². The van der Waals surface area contributed by atoms with Crippen molar-refractivity contribution in [1.82, 2.24) is 4.90 Å². The van der Waals surface area contributed by atoms with Gasteiger partial charge >= 0.3 is 0 Å². The maximum atomic E-state index is 9.95. The Kier molecular flexibility index (Phi) is 2.01. The van der Waals surface area contributed by atoms with Crippen LogP contribution in [0.25, 0.3) is 0 Å². The quantitative estimate of drug-likeness (QED) is 0.487. The Hall–Kier alpha value is -1.12. The number of carbonyl (C=O) groups excluding carboxylic acids is 1. The second-order valence-electron chi connectivity index (χ2n) is 1.75. The number of carbonyl (C=O) groups is 1. The van der Waals surface area contributed by atoms with Crippen molar-refractivity contribution in [3.05, 3.63) is 12.4 Å². The molecule has 0 saturated heterocycles. The van der Waals surface area contributed by atoms with Crippen LogP contribution in [0, 0.1) is 0 Å². The first-order valence-electron chi connectivity index (χ1n) is 2.79. The summed E-state index contributed by atoms with van der Waals surface area (Å²) in [5.41, 5.74) is 0. The first-order chi connectivity index (χ1) is 4.43. The molecular formula is C6H8N2O. The Labute approximate surface area is 53.7 Å². The minimum atomic E-state index is 0.461. The normalized spacial score (nSPS) is 16.2. The van der Waals surface area contributed by atoms with E-state index < -0.39 is 0 Å². The van der Waals surface area contributed by atoms with Crippen molar-refractivity contribution in [2.24, 2.45) is 4.99 Å². The molecule has 1 aliphatic heterocycles. The summed E-state index contributed by atoms with van der Waals surface area (Å²) in [5.74, 6) is 0. The third-order valence-electron chi connectivity index (χ3n) is 1.09. The van der Waals surface area contributed by atoms with Crippen LogP contribution in [0.3, 0.4) is 0 Å². The summed E-state index contributed by atoms with van der Waals surface area (Å²) < 4.78 is 0. The molecule has 0 radical (unpaired) electrons. The number of aldehydes is 1. The van der Waals surface area contributed by atoms with Crippen molar-refractivity contribution in [2.45, 2.75) is 0 Å². The molecule has 0 fully saturated rings. The van der Waals surface area contributed by atoms with E-state index in [9.17, 15) is 4.79 Å². The topological polar surface area (TPSA) is 32.7 Å². The highest BCUT2D eigenvalue weighted by Crippen LogP contribution is 1.91. The number of hydrogen-bond acceptors (Lipinski definition) is 3. The highest BCUT2D eigenvalue weighted by molar-refractivity contribution is 5.63. The molecule has 0 amide bonds. The average molecular weight is 124 g/mol. The molecular weight excluding hydrogens is 116 g/mol.